The SMILES string of the molecule is CC(C)(C)S(=O)NC(c1ccccc1)C1CCC=CO1. The number of hydrogen-bond donors (Lipinski definition) is 1. The van der Waals surface area contributed by atoms with Gasteiger partial charge in [-0.15, -0.1) is 0 Å². The number of hydrogen-bond acceptors (Lipinski definition) is 2. The second-order valence-electron chi connectivity index (χ2n) is 6.01. The molecule has 0 saturated carbocycles. The molecule has 0 aliphatic carbocycles. The minimum absolute atomic E-state index is 0.0219. The summed E-state index contributed by atoms with van der Waals surface area (Å²) in [5.41, 5.74) is 1.12. The fraction of sp³-hybridized carbons (Fsp3) is 0.500. The molecular formula is C16H23NO2S. The molecule has 0 aromatic heterocycles. The maximum atomic E-state index is 12.4. The molecule has 110 valence electrons. The summed E-state index contributed by atoms with van der Waals surface area (Å²) in [7, 11) is -1.12. The molecule has 1 N–H and O–H groups in total. The Labute approximate surface area is 124 Å². The predicted molar refractivity (Wildman–Crippen MR) is 83.5 cm³/mol. The molecule has 1 aliphatic rings. The van der Waals surface area contributed by atoms with E-state index < -0.39 is 11.0 Å². The summed E-state index contributed by atoms with van der Waals surface area (Å²) in [6, 6.07) is 10.0. The Hall–Kier alpha value is -1.13. The molecule has 0 saturated heterocycles. The number of nitrogens with one attached hydrogen (secondary N) is 1. The van der Waals surface area contributed by atoms with Crippen LogP contribution in [0.3, 0.4) is 0 Å². The van der Waals surface area contributed by atoms with Crippen LogP contribution in [0.25, 0.3) is 0 Å². The first-order valence-electron chi connectivity index (χ1n) is 7.02. The molecule has 20 heavy (non-hydrogen) atoms. The van der Waals surface area contributed by atoms with Gasteiger partial charge in [-0.05, 0) is 45.3 Å². The highest BCUT2D eigenvalue weighted by molar-refractivity contribution is 7.84. The van der Waals surface area contributed by atoms with Gasteiger partial charge in [0.1, 0.15) is 6.10 Å². The van der Waals surface area contributed by atoms with Crippen molar-refractivity contribution >= 4 is 11.0 Å². The van der Waals surface area contributed by atoms with Gasteiger partial charge in [-0.2, -0.15) is 0 Å². The van der Waals surface area contributed by atoms with Crippen molar-refractivity contribution in [1.82, 2.24) is 4.72 Å². The van der Waals surface area contributed by atoms with Crippen molar-refractivity contribution in [2.45, 2.75) is 50.5 Å². The molecule has 1 aromatic rings. The number of benzene rings is 1. The third-order valence-corrected chi connectivity index (χ3v) is 4.87. The fourth-order valence-corrected chi connectivity index (χ4v) is 2.98. The van der Waals surface area contributed by atoms with Crippen molar-refractivity contribution in [3.63, 3.8) is 0 Å². The van der Waals surface area contributed by atoms with Gasteiger partial charge in [0, 0.05) is 0 Å². The highest BCUT2D eigenvalue weighted by Crippen LogP contribution is 2.27. The number of allylic oxidation sites excluding steroid dienone is 1. The van der Waals surface area contributed by atoms with E-state index in [0.29, 0.717) is 0 Å². The molecule has 0 radical (unpaired) electrons. The Morgan fingerprint density at radius 3 is 2.55 bits per heavy atom. The highest BCUT2D eigenvalue weighted by atomic mass is 32.2. The van der Waals surface area contributed by atoms with Crippen molar-refractivity contribution in [3.8, 4) is 0 Å². The zero-order valence-corrected chi connectivity index (χ0v) is 13.2. The van der Waals surface area contributed by atoms with E-state index in [2.05, 4.69) is 16.9 Å². The minimum Gasteiger partial charge on any atom is -0.496 e. The van der Waals surface area contributed by atoms with Gasteiger partial charge in [-0.25, -0.2) is 8.93 Å². The molecule has 2 rings (SSSR count). The standard InChI is InChI=1S/C16H23NO2S/c1-16(2,3)20(18)17-15(13-9-5-4-6-10-13)14-11-7-8-12-19-14/h4-6,8-10,12,14-15,17H,7,11H2,1-3H3. The van der Waals surface area contributed by atoms with Gasteiger partial charge in [0.05, 0.1) is 28.0 Å². The zero-order valence-electron chi connectivity index (χ0n) is 12.3. The lowest BCUT2D eigenvalue weighted by molar-refractivity contribution is 0.0939. The topological polar surface area (TPSA) is 38.3 Å². The van der Waals surface area contributed by atoms with Crippen molar-refractivity contribution < 1.29 is 8.95 Å². The van der Waals surface area contributed by atoms with Crippen LogP contribution < -0.4 is 4.72 Å². The molecule has 0 bridgehead atoms. The third kappa shape index (κ3) is 3.93. The molecule has 1 aromatic carbocycles. The van der Waals surface area contributed by atoms with E-state index in [1.807, 2.05) is 45.0 Å². The molecule has 1 aliphatic heterocycles. The van der Waals surface area contributed by atoms with Crippen LogP contribution in [0.15, 0.2) is 42.7 Å². The van der Waals surface area contributed by atoms with E-state index in [0.717, 1.165) is 18.4 Å². The third-order valence-electron chi connectivity index (χ3n) is 3.29. The summed E-state index contributed by atoms with van der Waals surface area (Å²) in [6.07, 6.45) is 5.74. The smallest absolute Gasteiger partial charge is 0.118 e. The molecule has 0 amide bonds. The van der Waals surface area contributed by atoms with Crippen LogP contribution in [0, 0.1) is 0 Å². The lowest BCUT2D eigenvalue weighted by Gasteiger charge is -2.31. The van der Waals surface area contributed by atoms with Crippen LogP contribution in [0.5, 0.6) is 0 Å². The first-order valence-corrected chi connectivity index (χ1v) is 8.17. The lowest BCUT2D eigenvalue weighted by Crippen LogP contribution is -2.41. The van der Waals surface area contributed by atoms with Crippen molar-refractivity contribution in [1.29, 1.82) is 0 Å². The number of rotatable bonds is 4. The Morgan fingerprint density at radius 1 is 1.30 bits per heavy atom. The van der Waals surface area contributed by atoms with Gasteiger partial charge in [0.25, 0.3) is 0 Å². The normalized spacial score (nSPS) is 22.1. The van der Waals surface area contributed by atoms with Gasteiger partial charge in [-0.1, -0.05) is 30.3 Å². The van der Waals surface area contributed by atoms with Crippen LogP contribution >= 0.6 is 0 Å². The van der Waals surface area contributed by atoms with Crippen LogP contribution in [-0.4, -0.2) is 15.1 Å². The molecular weight excluding hydrogens is 270 g/mol. The monoisotopic (exact) mass is 293 g/mol. The number of ether oxygens (including phenoxy) is 1. The first-order chi connectivity index (χ1) is 9.48. The Bertz CT molecular complexity index is 479. The van der Waals surface area contributed by atoms with E-state index >= 15 is 0 Å². The van der Waals surface area contributed by atoms with Crippen LogP contribution in [0.2, 0.25) is 0 Å². The summed E-state index contributed by atoms with van der Waals surface area (Å²) >= 11 is 0. The molecule has 3 unspecified atom stereocenters. The highest BCUT2D eigenvalue weighted by Gasteiger charge is 2.30. The van der Waals surface area contributed by atoms with Gasteiger partial charge >= 0.3 is 0 Å². The maximum absolute atomic E-state index is 12.4. The maximum Gasteiger partial charge on any atom is 0.118 e. The summed E-state index contributed by atoms with van der Waals surface area (Å²) in [6.45, 7) is 5.92. The van der Waals surface area contributed by atoms with Crippen molar-refractivity contribution in [2.24, 2.45) is 0 Å². The quantitative estimate of drug-likeness (QED) is 0.923. The molecule has 0 spiro atoms. The van der Waals surface area contributed by atoms with Crippen LogP contribution in [-0.2, 0) is 15.7 Å². The van der Waals surface area contributed by atoms with Crippen LogP contribution in [0.4, 0.5) is 0 Å². The average molecular weight is 293 g/mol. The minimum atomic E-state index is -1.12. The van der Waals surface area contributed by atoms with Gasteiger partial charge < -0.3 is 4.74 Å². The molecule has 1 heterocycles. The Balaban J connectivity index is 2.20. The molecule has 3 nitrogen and oxygen atoms in total. The van der Waals surface area contributed by atoms with E-state index in [4.69, 9.17) is 4.74 Å². The predicted octanol–water partition coefficient (Wildman–Crippen LogP) is 3.47. The van der Waals surface area contributed by atoms with E-state index in [-0.39, 0.29) is 16.9 Å². The molecule has 3 atom stereocenters. The lowest BCUT2D eigenvalue weighted by atomic mass is 9.98. The molecule has 4 heteroatoms. The van der Waals surface area contributed by atoms with Gasteiger partial charge in [0.15, 0.2) is 0 Å². The Morgan fingerprint density at radius 2 is 2.00 bits per heavy atom. The van der Waals surface area contributed by atoms with E-state index in [1.165, 1.54) is 0 Å². The Kier molecular flexibility index (Phi) is 5.00. The van der Waals surface area contributed by atoms with Crippen molar-refractivity contribution in [3.05, 3.63) is 48.2 Å². The van der Waals surface area contributed by atoms with Gasteiger partial charge in [-0.3, -0.25) is 0 Å². The summed E-state index contributed by atoms with van der Waals surface area (Å²) < 4.78 is 21.1. The first kappa shape index (κ1) is 15.3. The summed E-state index contributed by atoms with van der Waals surface area (Å²) in [4.78, 5) is 0. The fourth-order valence-electron chi connectivity index (χ4n) is 2.11. The summed E-state index contributed by atoms with van der Waals surface area (Å²) in [5, 5.41) is 0. The largest absolute Gasteiger partial charge is 0.496 e. The van der Waals surface area contributed by atoms with E-state index in [1.54, 1.807) is 6.26 Å². The van der Waals surface area contributed by atoms with E-state index in [9.17, 15) is 4.21 Å². The second-order valence-corrected chi connectivity index (χ2v) is 8.01. The van der Waals surface area contributed by atoms with Crippen molar-refractivity contribution in [2.75, 3.05) is 0 Å². The average Bonchev–Trinajstić information content (AvgIpc) is 2.45. The summed E-state index contributed by atoms with van der Waals surface area (Å²) in [5.74, 6) is 0. The van der Waals surface area contributed by atoms with Gasteiger partial charge in [0.2, 0.25) is 0 Å². The molecule has 0 fully saturated rings. The zero-order chi connectivity index (χ0) is 14.6. The second kappa shape index (κ2) is 6.55. The van der Waals surface area contributed by atoms with Crippen LogP contribution in [0.1, 0.15) is 45.2 Å².